The number of aryl methyl sites for hydroxylation is 2. The van der Waals surface area contributed by atoms with E-state index in [1.165, 1.54) is 11.3 Å². The SMILES string of the molecule is Cc1cc(Br)cnc1NC(=O)c1cc(N)c(C)s1. The molecule has 1 amide bonds. The first-order valence-corrected chi connectivity index (χ1v) is 6.87. The Morgan fingerprint density at radius 3 is 2.72 bits per heavy atom. The topological polar surface area (TPSA) is 68.0 Å². The fourth-order valence-corrected chi connectivity index (χ4v) is 2.73. The van der Waals surface area contributed by atoms with Gasteiger partial charge in [0.2, 0.25) is 0 Å². The molecule has 2 rings (SSSR count). The Balaban J connectivity index is 2.21. The summed E-state index contributed by atoms with van der Waals surface area (Å²) in [6, 6.07) is 3.58. The van der Waals surface area contributed by atoms with E-state index in [0.29, 0.717) is 16.4 Å². The van der Waals surface area contributed by atoms with Crippen LogP contribution in [0.1, 0.15) is 20.1 Å². The molecule has 0 aliphatic rings. The maximum atomic E-state index is 12.0. The molecule has 6 heteroatoms. The third-order valence-corrected chi connectivity index (χ3v) is 3.96. The van der Waals surface area contributed by atoms with Gasteiger partial charge in [0.1, 0.15) is 5.82 Å². The number of anilines is 2. The van der Waals surface area contributed by atoms with Crippen molar-refractivity contribution in [3.05, 3.63) is 38.1 Å². The van der Waals surface area contributed by atoms with Crippen LogP contribution in [-0.4, -0.2) is 10.9 Å². The van der Waals surface area contributed by atoms with Crippen LogP contribution in [0, 0.1) is 13.8 Å². The van der Waals surface area contributed by atoms with Crippen molar-refractivity contribution in [3.63, 3.8) is 0 Å². The highest BCUT2D eigenvalue weighted by molar-refractivity contribution is 9.10. The Kier molecular flexibility index (Phi) is 3.68. The van der Waals surface area contributed by atoms with Gasteiger partial charge < -0.3 is 11.1 Å². The van der Waals surface area contributed by atoms with Gasteiger partial charge in [-0.3, -0.25) is 4.79 Å². The molecule has 0 radical (unpaired) electrons. The Morgan fingerprint density at radius 1 is 1.44 bits per heavy atom. The van der Waals surface area contributed by atoms with E-state index in [2.05, 4.69) is 26.2 Å². The number of pyridine rings is 1. The summed E-state index contributed by atoms with van der Waals surface area (Å²) < 4.78 is 0.884. The second-order valence-corrected chi connectivity index (χ2v) is 6.07. The predicted molar refractivity (Wildman–Crippen MR) is 78.1 cm³/mol. The average molecular weight is 326 g/mol. The second-order valence-electron chi connectivity index (χ2n) is 3.90. The Labute approximate surface area is 117 Å². The molecule has 0 aromatic carbocycles. The van der Waals surface area contributed by atoms with Crippen molar-refractivity contribution >= 4 is 44.7 Å². The fraction of sp³-hybridized carbons (Fsp3) is 0.167. The first kappa shape index (κ1) is 13.0. The number of nitrogen functional groups attached to an aromatic ring is 1. The summed E-state index contributed by atoms with van der Waals surface area (Å²) in [4.78, 5) is 17.7. The van der Waals surface area contributed by atoms with Crippen LogP contribution in [0.3, 0.4) is 0 Å². The minimum absolute atomic E-state index is 0.183. The van der Waals surface area contributed by atoms with Crippen molar-refractivity contribution in [1.29, 1.82) is 0 Å². The van der Waals surface area contributed by atoms with E-state index < -0.39 is 0 Å². The van der Waals surface area contributed by atoms with Crippen LogP contribution in [-0.2, 0) is 0 Å². The molecule has 2 aromatic heterocycles. The van der Waals surface area contributed by atoms with Crippen molar-refractivity contribution in [2.24, 2.45) is 0 Å². The minimum atomic E-state index is -0.183. The smallest absolute Gasteiger partial charge is 0.266 e. The summed E-state index contributed by atoms with van der Waals surface area (Å²) in [5.74, 6) is 0.380. The summed E-state index contributed by atoms with van der Waals surface area (Å²) in [6.07, 6.45) is 1.65. The van der Waals surface area contributed by atoms with E-state index in [1.807, 2.05) is 19.9 Å². The molecule has 18 heavy (non-hydrogen) atoms. The van der Waals surface area contributed by atoms with E-state index in [4.69, 9.17) is 5.73 Å². The molecule has 0 bridgehead atoms. The van der Waals surface area contributed by atoms with Crippen LogP contribution in [0.2, 0.25) is 0 Å². The number of nitrogens with two attached hydrogens (primary N) is 1. The highest BCUT2D eigenvalue weighted by atomic mass is 79.9. The zero-order valence-electron chi connectivity index (χ0n) is 9.95. The number of amides is 1. The molecule has 3 N–H and O–H groups in total. The molecular weight excluding hydrogens is 314 g/mol. The van der Waals surface area contributed by atoms with E-state index >= 15 is 0 Å². The number of thiophene rings is 1. The number of nitrogens with one attached hydrogen (secondary N) is 1. The lowest BCUT2D eigenvalue weighted by molar-refractivity contribution is 0.103. The van der Waals surface area contributed by atoms with Crippen molar-refractivity contribution < 1.29 is 4.79 Å². The largest absolute Gasteiger partial charge is 0.398 e. The third kappa shape index (κ3) is 2.70. The molecule has 2 aromatic rings. The number of carbonyl (C=O) groups excluding carboxylic acids is 1. The summed E-state index contributed by atoms with van der Waals surface area (Å²) >= 11 is 4.71. The lowest BCUT2D eigenvalue weighted by Gasteiger charge is -2.06. The van der Waals surface area contributed by atoms with Gasteiger partial charge in [-0.1, -0.05) is 0 Å². The van der Waals surface area contributed by atoms with Crippen molar-refractivity contribution in [2.75, 3.05) is 11.1 Å². The van der Waals surface area contributed by atoms with E-state index in [9.17, 15) is 4.79 Å². The van der Waals surface area contributed by atoms with Gasteiger partial charge in [0.15, 0.2) is 0 Å². The van der Waals surface area contributed by atoms with E-state index in [0.717, 1.165) is 14.9 Å². The zero-order valence-corrected chi connectivity index (χ0v) is 12.4. The molecule has 0 aliphatic carbocycles. The molecule has 2 heterocycles. The maximum Gasteiger partial charge on any atom is 0.266 e. The highest BCUT2D eigenvalue weighted by Gasteiger charge is 2.12. The quantitative estimate of drug-likeness (QED) is 0.889. The van der Waals surface area contributed by atoms with Gasteiger partial charge in [-0.25, -0.2) is 4.98 Å². The number of hydrogen-bond acceptors (Lipinski definition) is 4. The molecule has 0 saturated heterocycles. The summed E-state index contributed by atoms with van der Waals surface area (Å²) in [5, 5.41) is 2.78. The molecule has 0 unspecified atom stereocenters. The average Bonchev–Trinajstić information content (AvgIpc) is 2.63. The van der Waals surface area contributed by atoms with E-state index in [-0.39, 0.29) is 5.91 Å². The van der Waals surface area contributed by atoms with Crippen molar-refractivity contribution in [2.45, 2.75) is 13.8 Å². The first-order valence-electron chi connectivity index (χ1n) is 5.27. The molecule has 0 fully saturated rings. The molecule has 4 nitrogen and oxygen atoms in total. The number of aromatic nitrogens is 1. The Hall–Kier alpha value is -1.40. The highest BCUT2D eigenvalue weighted by Crippen LogP contribution is 2.24. The zero-order chi connectivity index (χ0) is 13.3. The van der Waals surface area contributed by atoms with Gasteiger partial charge >= 0.3 is 0 Å². The van der Waals surface area contributed by atoms with Crippen LogP contribution in [0.4, 0.5) is 11.5 Å². The predicted octanol–water partition coefficient (Wildman–Crippen LogP) is 3.36. The van der Waals surface area contributed by atoms with Crippen molar-refractivity contribution in [1.82, 2.24) is 4.98 Å². The van der Waals surface area contributed by atoms with Crippen molar-refractivity contribution in [3.8, 4) is 0 Å². The van der Waals surface area contributed by atoms with Crippen LogP contribution >= 0.6 is 27.3 Å². The standard InChI is InChI=1S/C12H12BrN3OS/c1-6-3-8(13)5-15-11(6)16-12(17)10-4-9(14)7(2)18-10/h3-5H,14H2,1-2H3,(H,15,16,17). The third-order valence-electron chi connectivity index (χ3n) is 2.46. The number of nitrogens with zero attached hydrogens (tertiary/aromatic N) is 1. The summed E-state index contributed by atoms with van der Waals surface area (Å²) in [7, 11) is 0. The van der Waals surface area contributed by atoms with Gasteiger partial charge in [-0.05, 0) is 47.5 Å². The fourth-order valence-electron chi connectivity index (χ4n) is 1.45. The van der Waals surface area contributed by atoms with Crippen LogP contribution < -0.4 is 11.1 Å². The number of carbonyl (C=O) groups is 1. The van der Waals surface area contributed by atoms with Gasteiger partial charge in [-0.2, -0.15) is 0 Å². The van der Waals surface area contributed by atoms with Crippen LogP contribution in [0.25, 0.3) is 0 Å². The lowest BCUT2D eigenvalue weighted by Crippen LogP contribution is -2.12. The van der Waals surface area contributed by atoms with E-state index in [1.54, 1.807) is 12.3 Å². The molecular formula is C12H12BrN3OS. The first-order chi connectivity index (χ1) is 8.47. The van der Waals surface area contributed by atoms with Gasteiger partial charge in [0.25, 0.3) is 5.91 Å². The molecule has 94 valence electrons. The second kappa shape index (κ2) is 5.07. The Bertz CT molecular complexity index is 590. The molecule has 0 saturated carbocycles. The summed E-state index contributed by atoms with van der Waals surface area (Å²) in [5.41, 5.74) is 7.28. The Morgan fingerprint density at radius 2 is 2.17 bits per heavy atom. The number of hydrogen-bond donors (Lipinski definition) is 2. The molecule has 0 atom stereocenters. The van der Waals surface area contributed by atoms with Crippen LogP contribution in [0.5, 0.6) is 0 Å². The molecule has 0 spiro atoms. The lowest BCUT2D eigenvalue weighted by atomic mass is 10.3. The van der Waals surface area contributed by atoms with Gasteiger partial charge in [-0.15, -0.1) is 11.3 Å². The molecule has 0 aliphatic heterocycles. The minimum Gasteiger partial charge on any atom is -0.398 e. The maximum absolute atomic E-state index is 12.0. The monoisotopic (exact) mass is 325 g/mol. The number of halogens is 1. The summed E-state index contributed by atoms with van der Waals surface area (Å²) in [6.45, 7) is 3.78. The normalized spacial score (nSPS) is 10.4. The van der Waals surface area contributed by atoms with Gasteiger partial charge in [0, 0.05) is 21.2 Å². The number of rotatable bonds is 2. The van der Waals surface area contributed by atoms with Crippen LogP contribution in [0.15, 0.2) is 22.8 Å². The van der Waals surface area contributed by atoms with Gasteiger partial charge in [0.05, 0.1) is 4.88 Å².